The molecule has 0 spiro atoms. The lowest BCUT2D eigenvalue weighted by Crippen LogP contribution is -2.24. The smallest absolute Gasteiger partial charge is 0.314 e. The minimum Gasteiger partial charge on any atom is -0.465 e. The zero-order valence-electron chi connectivity index (χ0n) is 10.1. The molecule has 0 aliphatic heterocycles. The zero-order chi connectivity index (χ0) is 12.1. The summed E-state index contributed by atoms with van der Waals surface area (Å²) in [6.07, 6.45) is 0. The third kappa shape index (κ3) is 2.83. The van der Waals surface area contributed by atoms with E-state index in [4.69, 9.17) is 10.5 Å². The number of nitrogens with two attached hydrogens (primary N) is 1. The van der Waals surface area contributed by atoms with Crippen molar-refractivity contribution in [1.82, 2.24) is 0 Å². The molecule has 0 aliphatic carbocycles. The van der Waals surface area contributed by atoms with Crippen molar-refractivity contribution in [2.24, 2.45) is 5.73 Å². The molecule has 16 heavy (non-hydrogen) atoms. The Bertz CT molecular complexity index is 374. The fourth-order valence-electron chi connectivity index (χ4n) is 1.73. The first-order chi connectivity index (χ1) is 7.60. The maximum Gasteiger partial charge on any atom is 0.314 e. The van der Waals surface area contributed by atoms with Crippen LogP contribution in [0.4, 0.5) is 0 Å². The van der Waals surface area contributed by atoms with Gasteiger partial charge in [-0.05, 0) is 31.9 Å². The number of carbonyl (C=O) groups is 1. The summed E-state index contributed by atoms with van der Waals surface area (Å²) in [5, 5.41) is 0. The van der Waals surface area contributed by atoms with Crippen LogP contribution in [0.2, 0.25) is 0 Å². The molecule has 1 aromatic carbocycles. The number of carbonyl (C=O) groups excluding carboxylic acids is 1. The van der Waals surface area contributed by atoms with E-state index in [-0.39, 0.29) is 18.4 Å². The third-order valence-corrected chi connectivity index (χ3v) is 2.62. The molecular weight excluding hydrogens is 202 g/mol. The van der Waals surface area contributed by atoms with Crippen LogP contribution in [0.3, 0.4) is 0 Å². The minimum atomic E-state index is -0.347. The fourth-order valence-corrected chi connectivity index (χ4v) is 1.73. The second kappa shape index (κ2) is 5.66. The Morgan fingerprint density at radius 1 is 1.44 bits per heavy atom. The molecule has 0 saturated carbocycles. The summed E-state index contributed by atoms with van der Waals surface area (Å²) >= 11 is 0. The minimum absolute atomic E-state index is 0.237. The van der Waals surface area contributed by atoms with Crippen molar-refractivity contribution in [3.8, 4) is 0 Å². The molecule has 1 aromatic rings. The summed E-state index contributed by atoms with van der Waals surface area (Å²) < 4.78 is 5.03. The van der Waals surface area contributed by atoms with Crippen LogP contribution in [-0.2, 0) is 9.53 Å². The largest absolute Gasteiger partial charge is 0.465 e. The van der Waals surface area contributed by atoms with Crippen molar-refractivity contribution in [3.05, 3.63) is 34.9 Å². The predicted octanol–water partition coefficient (Wildman–Crippen LogP) is 1.91. The quantitative estimate of drug-likeness (QED) is 0.790. The summed E-state index contributed by atoms with van der Waals surface area (Å²) in [5.41, 5.74) is 8.83. The Hall–Kier alpha value is -1.35. The van der Waals surface area contributed by atoms with E-state index in [1.54, 1.807) is 6.92 Å². The lowest BCUT2D eigenvalue weighted by atomic mass is 9.93. The third-order valence-electron chi connectivity index (χ3n) is 2.62. The van der Waals surface area contributed by atoms with E-state index in [1.165, 1.54) is 0 Å². The summed E-state index contributed by atoms with van der Waals surface area (Å²) in [5.74, 6) is -0.585. The van der Waals surface area contributed by atoms with Crippen LogP contribution in [0.15, 0.2) is 18.2 Å². The maximum atomic E-state index is 11.7. The molecule has 0 heterocycles. The predicted molar refractivity (Wildman–Crippen MR) is 64.3 cm³/mol. The molecule has 1 atom stereocenters. The second-order valence-electron chi connectivity index (χ2n) is 3.90. The van der Waals surface area contributed by atoms with Gasteiger partial charge in [-0.3, -0.25) is 4.79 Å². The first-order valence-corrected chi connectivity index (χ1v) is 5.54. The molecule has 88 valence electrons. The summed E-state index contributed by atoms with van der Waals surface area (Å²) in [6.45, 7) is 6.45. The van der Waals surface area contributed by atoms with Crippen LogP contribution < -0.4 is 5.73 Å². The van der Waals surface area contributed by atoms with E-state index in [0.717, 1.165) is 16.7 Å². The van der Waals surface area contributed by atoms with Crippen LogP contribution in [0.25, 0.3) is 0 Å². The molecule has 0 aliphatic rings. The van der Waals surface area contributed by atoms with Gasteiger partial charge in [-0.15, -0.1) is 0 Å². The Balaban J connectivity index is 3.03. The molecular formula is C13H19NO2. The number of hydrogen-bond donors (Lipinski definition) is 1. The number of ether oxygens (including phenoxy) is 1. The first kappa shape index (κ1) is 12.7. The molecule has 0 fully saturated rings. The lowest BCUT2D eigenvalue weighted by Gasteiger charge is -2.16. The number of esters is 1. The zero-order valence-corrected chi connectivity index (χ0v) is 10.1. The Morgan fingerprint density at radius 2 is 2.12 bits per heavy atom. The first-order valence-electron chi connectivity index (χ1n) is 5.54. The van der Waals surface area contributed by atoms with Gasteiger partial charge in [-0.25, -0.2) is 0 Å². The molecule has 0 bridgehead atoms. The van der Waals surface area contributed by atoms with E-state index >= 15 is 0 Å². The van der Waals surface area contributed by atoms with Gasteiger partial charge in [0.05, 0.1) is 12.5 Å². The van der Waals surface area contributed by atoms with Gasteiger partial charge in [0, 0.05) is 6.54 Å². The van der Waals surface area contributed by atoms with E-state index in [1.807, 2.05) is 32.0 Å². The highest BCUT2D eigenvalue weighted by atomic mass is 16.5. The van der Waals surface area contributed by atoms with Gasteiger partial charge in [0.15, 0.2) is 0 Å². The van der Waals surface area contributed by atoms with Gasteiger partial charge in [0.25, 0.3) is 0 Å². The summed E-state index contributed by atoms with van der Waals surface area (Å²) in [6, 6.07) is 6.04. The average molecular weight is 221 g/mol. The number of rotatable bonds is 4. The van der Waals surface area contributed by atoms with Gasteiger partial charge >= 0.3 is 5.97 Å². The van der Waals surface area contributed by atoms with Crippen LogP contribution in [0, 0.1) is 13.8 Å². The topological polar surface area (TPSA) is 52.3 Å². The van der Waals surface area contributed by atoms with Crippen molar-refractivity contribution in [3.63, 3.8) is 0 Å². The Morgan fingerprint density at radius 3 is 2.69 bits per heavy atom. The standard InChI is InChI=1S/C13H19NO2/c1-4-16-13(15)12(8-14)11-7-9(2)5-6-10(11)3/h5-7,12H,4,8,14H2,1-3H3. The SMILES string of the molecule is CCOC(=O)C(CN)c1cc(C)ccc1C. The molecule has 3 nitrogen and oxygen atoms in total. The molecule has 3 heteroatoms. The Labute approximate surface area is 96.6 Å². The highest BCUT2D eigenvalue weighted by molar-refractivity contribution is 5.79. The van der Waals surface area contributed by atoms with Crippen molar-refractivity contribution < 1.29 is 9.53 Å². The lowest BCUT2D eigenvalue weighted by molar-refractivity contribution is -0.144. The molecule has 2 N–H and O–H groups in total. The monoisotopic (exact) mass is 221 g/mol. The fraction of sp³-hybridized carbons (Fsp3) is 0.462. The summed E-state index contributed by atoms with van der Waals surface area (Å²) in [7, 11) is 0. The van der Waals surface area contributed by atoms with Crippen molar-refractivity contribution in [2.75, 3.05) is 13.2 Å². The van der Waals surface area contributed by atoms with Gasteiger partial charge in [0.2, 0.25) is 0 Å². The number of hydrogen-bond acceptors (Lipinski definition) is 3. The van der Waals surface area contributed by atoms with E-state index in [9.17, 15) is 4.79 Å². The van der Waals surface area contributed by atoms with E-state index in [2.05, 4.69) is 0 Å². The highest BCUT2D eigenvalue weighted by Gasteiger charge is 2.21. The van der Waals surface area contributed by atoms with E-state index < -0.39 is 0 Å². The summed E-state index contributed by atoms with van der Waals surface area (Å²) in [4.78, 5) is 11.7. The van der Waals surface area contributed by atoms with Crippen molar-refractivity contribution >= 4 is 5.97 Å². The number of benzene rings is 1. The molecule has 0 aromatic heterocycles. The van der Waals surface area contributed by atoms with Crippen LogP contribution in [-0.4, -0.2) is 19.1 Å². The molecule has 0 amide bonds. The van der Waals surface area contributed by atoms with Crippen LogP contribution >= 0.6 is 0 Å². The Kier molecular flexibility index (Phi) is 4.50. The highest BCUT2D eigenvalue weighted by Crippen LogP contribution is 2.21. The average Bonchev–Trinajstić information content (AvgIpc) is 2.24. The van der Waals surface area contributed by atoms with Gasteiger partial charge in [0.1, 0.15) is 0 Å². The van der Waals surface area contributed by atoms with Crippen molar-refractivity contribution in [2.45, 2.75) is 26.7 Å². The van der Waals surface area contributed by atoms with Crippen LogP contribution in [0.1, 0.15) is 29.5 Å². The van der Waals surface area contributed by atoms with Crippen molar-refractivity contribution in [1.29, 1.82) is 0 Å². The number of aryl methyl sites for hydroxylation is 2. The molecule has 0 saturated heterocycles. The van der Waals surface area contributed by atoms with E-state index in [0.29, 0.717) is 6.61 Å². The molecule has 1 rings (SSSR count). The van der Waals surface area contributed by atoms with Gasteiger partial charge < -0.3 is 10.5 Å². The maximum absolute atomic E-state index is 11.7. The van der Waals surface area contributed by atoms with Gasteiger partial charge in [-0.1, -0.05) is 23.8 Å². The second-order valence-corrected chi connectivity index (χ2v) is 3.90. The van der Waals surface area contributed by atoms with Crippen LogP contribution in [0.5, 0.6) is 0 Å². The normalized spacial score (nSPS) is 12.2. The van der Waals surface area contributed by atoms with Gasteiger partial charge in [-0.2, -0.15) is 0 Å². The molecule has 0 radical (unpaired) electrons. The molecule has 1 unspecified atom stereocenters.